The lowest BCUT2D eigenvalue weighted by atomic mass is 10.2. The lowest BCUT2D eigenvalue weighted by Crippen LogP contribution is -2.30. The van der Waals surface area contributed by atoms with Crippen LogP contribution in [0.2, 0.25) is 0 Å². The second-order valence-electron chi connectivity index (χ2n) is 7.34. The number of sulfonamides is 1. The van der Waals surface area contributed by atoms with Crippen molar-refractivity contribution in [3.8, 4) is 0 Å². The topological polar surface area (TPSA) is 128 Å². The maximum atomic E-state index is 12.9. The van der Waals surface area contributed by atoms with Crippen LogP contribution in [0.5, 0.6) is 0 Å². The first-order valence-corrected chi connectivity index (χ1v) is 11.5. The average Bonchev–Trinajstić information content (AvgIpc) is 2.78. The monoisotopic (exact) mass is 507 g/mol. The molecule has 0 bridgehead atoms. The number of ether oxygens (including phenoxy) is 1. The Balaban J connectivity index is 1.73. The van der Waals surface area contributed by atoms with Crippen LogP contribution >= 0.6 is 0 Å². The number of nitrogens with two attached hydrogens (primary N) is 1. The predicted octanol–water partition coefficient (Wildman–Crippen LogP) is 4.27. The van der Waals surface area contributed by atoms with Gasteiger partial charge in [-0.1, -0.05) is 24.3 Å². The van der Waals surface area contributed by atoms with Gasteiger partial charge in [0, 0.05) is 11.4 Å². The van der Waals surface area contributed by atoms with E-state index in [1.807, 2.05) is 0 Å². The predicted molar refractivity (Wildman–Crippen MR) is 123 cm³/mol. The molecule has 1 amide bonds. The van der Waals surface area contributed by atoms with Crippen LogP contribution in [-0.2, 0) is 25.7 Å². The summed E-state index contributed by atoms with van der Waals surface area (Å²) in [6.45, 7) is 1.22. The van der Waals surface area contributed by atoms with E-state index in [4.69, 9.17) is 10.5 Å². The Bertz CT molecular complexity index is 1360. The number of carbonyl (C=O) groups excluding carboxylic acids is 2. The molecule has 0 fully saturated rings. The molecule has 0 aliphatic rings. The minimum atomic E-state index is -4.60. The third-order valence-electron chi connectivity index (χ3n) is 4.67. The number of nitrogens with one attached hydrogen (secondary N) is 2. The Hall–Kier alpha value is -4.06. The summed E-state index contributed by atoms with van der Waals surface area (Å²) < 4.78 is 71.4. The number of carbonyl (C=O) groups is 2. The van der Waals surface area contributed by atoms with Crippen molar-refractivity contribution in [2.24, 2.45) is 0 Å². The second kappa shape index (κ2) is 10.1. The molecule has 0 saturated heterocycles. The SMILES string of the molecule is C[C@@H](OC(=O)c1ccccc1NS(=O)(=O)c1cccc(N)c1)C(=O)Nc1cccc(C(F)(F)F)c1. The van der Waals surface area contributed by atoms with Gasteiger partial charge in [-0.3, -0.25) is 9.52 Å². The molecule has 4 N–H and O–H groups in total. The molecule has 8 nitrogen and oxygen atoms in total. The number of nitrogen functional groups attached to an aromatic ring is 1. The van der Waals surface area contributed by atoms with E-state index >= 15 is 0 Å². The quantitative estimate of drug-likeness (QED) is 0.324. The van der Waals surface area contributed by atoms with E-state index in [9.17, 15) is 31.2 Å². The molecule has 0 spiro atoms. The van der Waals surface area contributed by atoms with Gasteiger partial charge < -0.3 is 15.8 Å². The van der Waals surface area contributed by atoms with Gasteiger partial charge >= 0.3 is 12.1 Å². The van der Waals surface area contributed by atoms with Crippen LogP contribution in [0.1, 0.15) is 22.8 Å². The number of alkyl halides is 3. The van der Waals surface area contributed by atoms with Crippen molar-refractivity contribution in [2.75, 3.05) is 15.8 Å². The van der Waals surface area contributed by atoms with E-state index in [0.717, 1.165) is 18.2 Å². The van der Waals surface area contributed by atoms with Crippen LogP contribution in [0.15, 0.2) is 77.7 Å². The molecule has 1 atom stereocenters. The lowest BCUT2D eigenvalue weighted by Gasteiger charge is -2.16. The zero-order valence-electron chi connectivity index (χ0n) is 18.2. The zero-order valence-corrected chi connectivity index (χ0v) is 19.0. The van der Waals surface area contributed by atoms with E-state index in [1.165, 1.54) is 61.5 Å². The first kappa shape index (κ1) is 25.6. The van der Waals surface area contributed by atoms with Crippen molar-refractivity contribution in [3.05, 3.63) is 83.9 Å². The third-order valence-corrected chi connectivity index (χ3v) is 6.03. The van der Waals surface area contributed by atoms with E-state index in [-0.39, 0.29) is 27.5 Å². The van der Waals surface area contributed by atoms with Gasteiger partial charge in [-0.15, -0.1) is 0 Å². The van der Waals surface area contributed by atoms with Crippen molar-refractivity contribution in [2.45, 2.75) is 24.1 Å². The van der Waals surface area contributed by atoms with Gasteiger partial charge in [-0.25, -0.2) is 13.2 Å². The highest BCUT2D eigenvalue weighted by atomic mass is 32.2. The van der Waals surface area contributed by atoms with E-state index < -0.39 is 39.7 Å². The largest absolute Gasteiger partial charge is 0.449 e. The van der Waals surface area contributed by atoms with E-state index in [0.29, 0.717) is 0 Å². The number of amides is 1. The standard InChI is InChI=1S/C23H20F3N3O5S/c1-14(21(30)28-17-8-4-6-15(12-17)23(24,25)26)34-22(31)19-10-2-3-11-20(19)29-35(32,33)18-9-5-7-16(27)13-18/h2-14,29H,27H2,1H3,(H,28,30)/t14-/m1/s1. The number of benzene rings is 3. The number of para-hydroxylation sites is 1. The summed E-state index contributed by atoms with van der Waals surface area (Å²) in [6, 6.07) is 15.0. The van der Waals surface area contributed by atoms with Crippen molar-refractivity contribution < 1.29 is 35.9 Å². The smallest absolute Gasteiger partial charge is 0.416 e. The first-order chi connectivity index (χ1) is 16.4. The number of esters is 1. The summed E-state index contributed by atoms with van der Waals surface area (Å²) in [5, 5.41) is 2.25. The van der Waals surface area contributed by atoms with Crippen molar-refractivity contribution in [1.29, 1.82) is 0 Å². The normalized spacial score (nSPS) is 12.5. The first-order valence-electron chi connectivity index (χ1n) is 10.0. The summed E-state index contributed by atoms with van der Waals surface area (Å²) in [5.41, 5.74) is 4.48. The van der Waals surface area contributed by atoms with Gasteiger partial charge in [-0.05, 0) is 55.5 Å². The van der Waals surface area contributed by atoms with Crippen LogP contribution < -0.4 is 15.8 Å². The van der Waals surface area contributed by atoms with Gasteiger partial charge in [0.05, 0.1) is 21.7 Å². The van der Waals surface area contributed by atoms with E-state index in [1.54, 1.807) is 0 Å². The minimum absolute atomic E-state index is 0.106. The number of rotatable bonds is 7. The molecular weight excluding hydrogens is 487 g/mol. The number of hydrogen-bond donors (Lipinski definition) is 3. The zero-order chi connectivity index (χ0) is 25.8. The second-order valence-corrected chi connectivity index (χ2v) is 9.02. The summed E-state index contributed by atoms with van der Waals surface area (Å²) in [4.78, 5) is 24.9. The number of anilines is 3. The van der Waals surface area contributed by atoms with Gasteiger partial charge in [-0.2, -0.15) is 13.2 Å². The third kappa shape index (κ3) is 6.51. The highest BCUT2D eigenvalue weighted by molar-refractivity contribution is 7.92. The van der Waals surface area contributed by atoms with Crippen LogP contribution in [0, 0.1) is 0 Å². The fourth-order valence-electron chi connectivity index (χ4n) is 2.93. The van der Waals surface area contributed by atoms with Gasteiger partial charge in [0.15, 0.2) is 6.10 Å². The maximum Gasteiger partial charge on any atom is 0.416 e. The summed E-state index contributed by atoms with van der Waals surface area (Å²) in [6.07, 6.45) is -6.00. The Morgan fingerprint density at radius 1 is 0.971 bits per heavy atom. The van der Waals surface area contributed by atoms with E-state index in [2.05, 4.69) is 10.0 Å². The van der Waals surface area contributed by atoms with Crippen molar-refractivity contribution in [1.82, 2.24) is 0 Å². The Morgan fingerprint density at radius 2 is 1.66 bits per heavy atom. The van der Waals surface area contributed by atoms with Gasteiger partial charge in [0.1, 0.15) is 0 Å². The molecule has 35 heavy (non-hydrogen) atoms. The Labute approximate surface area is 199 Å². The molecule has 3 aromatic rings. The molecule has 0 aromatic heterocycles. The van der Waals surface area contributed by atoms with Crippen molar-refractivity contribution in [3.63, 3.8) is 0 Å². The number of halogens is 3. The Kier molecular flexibility index (Phi) is 7.34. The molecule has 0 radical (unpaired) electrons. The molecule has 12 heteroatoms. The molecule has 3 aromatic carbocycles. The molecule has 184 valence electrons. The fourth-order valence-corrected chi connectivity index (χ4v) is 4.06. The number of hydrogen-bond acceptors (Lipinski definition) is 6. The lowest BCUT2D eigenvalue weighted by molar-refractivity contribution is -0.137. The average molecular weight is 507 g/mol. The molecular formula is C23H20F3N3O5S. The minimum Gasteiger partial charge on any atom is -0.449 e. The fraction of sp³-hybridized carbons (Fsp3) is 0.130. The molecule has 3 rings (SSSR count). The summed E-state index contributed by atoms with van der Waals surface area (Å²) >= 11 is 0. The van der Waals surface area contributed by atoms with Crippen LogP contribution in [0.4, 0.5) is 30.2 Å². The van der Waals surface area contributed by atoms with Gasteiger partial charge in [0.25, 0.3) is 15.9 Å². The summed E-state index contributed by atoms with van der Waals surface area (Å²) in [7, 11) is -4.10. The van der Waals surface area contributed by atoms with Crippen LogP contribution in [0.25, 0.3) is 0 Å². The van der Waals surface area contributed by atoms with Crippen molar-refractivity contribution >= 4 is 39.0 Å². The van der Waals surface area contributed by atoms with Crippen LogP contribution in [-0.4, -0.2) is 26.4 Å². The molecule has 0 heterocycles. The van der Waals surface area contributed by atoms with Crippen LogP contribution in [0.3, 0.4) is 0 Å². The highest BCUT2D eigenvalue weighted by Crippen LogP contribution is 2.30. The van der Waals surface area contributed by atoms with Gasteiger partial charge in [0.2, 0.25) is 0 Å². The molecule has 0 saturated carbocycles. The molecule has 0 aliphatic heterocycles. The highest BCUT2D eigenvalue weighted by Gasteiger charge is 2.31. The molecule has 0 unspecified atom stereocenters. The summed E-state index contributed by atoms with van der Waals surface area (Å²) in [5.74, 6) is -1.90. The molecule has 0 aliphatic carbocycles. The Morgan fingerprint density at radius 3 is 2.34 bits per heavy atom. The maximum absolute atomic E-state index is 12.9.